The first-order valence-corrected chi connectivity index (χ1v) is 11.3. The number of benzene rings is 2. The Morgan fingerprint density at radius 3 is 2.20 bits per heavy atom. The first kappa shape index (κ1) is 23.4. The van der Waals surface area contributed by atoms with Crippen LogP contribution in [0.5, 0.6) is 0 Å². The van der Waals surface area contributed by atoms with Crippen LogP contribution in [0.15, 0.2) is 71.2 Å². The molecular weight excluding hydrogens is 459 g/mol. The van der Waals surface area contributed by atoms with Gasteiger partial charge in [0.1, 0.15) is 5.69 Å². The number of anilines is 1. The van der Waals surface area contributed by atoms with Crippen molar-refractivity contribution in [3.8, 4) is 5.69 Å². The first-order chi connectivity index (χ1) is 16.4. The van der Waals surface area contributed by atoms with Gasteiger partial charge in [-0.15, -0.1) is 12.2 Å². The Balaban J connectivity index is 1.53. The predicted molar refractivity (Wildman–Crippen MR) is 121 cm³/mol. The van der Waals surface area contributed by atoms with Crippen LogP contribution >= 0.6 is 0 Å². The minimum Gasteiger partial charge on any atom is -0.851 e. The summed E-state index contributed by atoms with van der Waals surface area (Å²) >= 11 is 0. The summed E-state index contributed by atoms with van der Waals surface area (Å²) < 4.78 is 42.3. The van der Waals surface area contributed by atoms with Gasteiger partial charge in [0.25, 0.3) is 5.56 Å². The smallest absolute Gasteiger partial charge is 0.433 e. The number of fused-ring (bicyclic) bond motifs is 1. The molecule has 2 aromatic carbocycles. The number of halogens is 3. The van der Waals surface area contributed by atoms with Gasteiger partial charge in [-0.25, -0.2) is 4.68 Å². The molecule has 1 aliphatic heterocycles. The van der Waals surface area contributed by atoms with Crippen molar-refractivity contribution in [1.82, 2.24) is 9.78 Å². The van der Waals surface area contributed by atoms with E-state index in [2.05, 4.69) is 5.10 Å². The summed E-state index contributed by atoms with van der Waals surface area (Å²) in [6.45, 7) is 3.95. The molecule has 1 aliphatic carbocycles. The standard InChI is InChI=1S/C26H24F3N3O3/c1-25(2)16-11-7-8-12-17(16)31(3)18(25)13-15-21(33)19(22(15)34)20-23(26(27,28)29)30-32(24(20)35)14-9-5-4-6-10-14/h4-13,15,19,21-22,30H,1-3H3/q-2. The van der Waals surface area contributed by atoms with Crippen LogP contribution < -0.4 is 20.7 Å². The van der Waals surface area contributed by atoms with Gasteiger partial charge in [-0.1, -0.05) is 56.3 Å². The van der Waals surface area contributed by atoms with Crippen molar-refractivity contribution in [3.05, 3.63) is 93.5 Å². The van der Waals surface area contributed by atoms with Gasteiger partial charge in [0.15, 0.2) is 0 Å². The van der Waals surface area contributed by atoms with E-state index in [1.807, 2.05) is 50.1 Å². The molecule has 1 aromatic heterocycles. The number of hydrogen-bond acceptors (Lipinski definition) is 4. The zero-order chi connectivity index (χ0) is 25.3. The third kappa shape index (κ3) is 3.44. The molecule has 1 saturated carbocycles. The number of H-pyrrole nitrogens is 1. The molecule has 0 saturated heterocycles. The third-order valence-electron chi connectivity index (χ3n) is 7.32. The van der Waals surface area contributed by atoms with E-state index in [1.54, 1.807) is 24.3 Å². The van der Waals surface area contributed by atoms with Crippen molar-refractivity contribution in [2.75, 3.05) is 11.9 Å². The quantitative estimate of drug-likeness (QED) is 0.621. The lowest BCUT2D eigenvalue weighted by atomic mass is 9.64. The summed E-state index contributed by atoms with van der Waals surface area (Å²) in [6.07, 6.45) is -6.67. The highest BCUT2D eigenvalue weighted by molar-refractivity contribution is 5.69. The molecule has 2 aliphatic rings. The Morgan fingerprint density at radius 1 is 1.00 bits per heavy atom. The summed E-state index contributed by atoms with van der Waals surface area (Å²) in [5, 5.41) is 28.5. The molecule has 0 spiro atoms. The van der Waals surface area contributed by atoms with Crippen LogP contribution in [0.2, 0.25) is 0 Å². The lowest BCUT2D eigenvalue weighted by Crippen LogP contribution is -2.65. The van der Waals surface area contributed by atoms with Gasteiger partial charge in [0.05, 0.1) is 11.3 Å². The number of rotatable bonds is 3. The second-order valence-corrected chi connectivity index (χ2v) is 9.66. The molecule has 0 bridgehead atoms. The fourth-order valence-electron chi connectivity index (χ4n) is 5.44. The topological polar surface area (TPSA) is 87.2 Å². The maximum absolute atomic E-state index is 13.9. The number of aromatic nitrogens is 2. The largest absolute Gasteiger partial charge is 0.851 e. The Hall–Kier alpha value is -3.30. The summed E-state index contributed by atoms with van der Waals surface area (Å²) in [5.74, 6) is -2.65. The van der Waals surface area contributed by atoms with Crippen molar-refractivity contribution < 1.29 is 23.4 Å². The lowest BCUT2D eigenvalue weighted by Gasteiger charge is -2.60. The highest BCUT2D eigenvalue weighted by atomic mass is 19.4. The highest BCUT2D eigenvalue weighted by Crippen LogP contribution is 2.50. The van der Waals surface area contributed by atoms with Crippen LogP contribution in [0, 0.1) is 5.92 Å². The maximum Gasteiger partial charge on any atom is 0.433 e. The van der Waals surface area contributed by atoms with Gasteiger partial charge in [-0.3, -0.25) is 9.89 Å². The van der Waals surface area contributed by atoms with Crippen molar-refractivity contribution in [1.29, 1.82) is 0 Å². The average molecular weight is 483 g/mol. The molecule has 35 heavy (non-hydrogen) atoms. The summed E-state index contributed by atoms with van der Waals surface area (Å²) in [5.41, 5.74) is -0.716. The number of hydrogen-bond donors (Lipinski definition) is 1. The van der Waals surface area contributed by atoms with E-state index in [-0.39, 0.29) is 5.69 Å². The Labute approximate surface area is 199 Å². The third-order valence-corrected chi connectivity index (χ3v) is 7.32. The monoisotopic (exact) mass is 483 g/mol. The molecule has 2 heterocycles. The Bertz CT molecular complexity index is 1350. The van der Waals surface area contributed by atoms with E-state index in [0.717, 1.165) is 21.6 Å². The molecule has 0 radical (unpaired) electrons. The van der Waals surface area contributed by atoms with Crippen molar-refractivity contribution >= 4 is 5.69 Å². The number of aromatic amines is 1. The molecule has 2 atom stereocenters. The normalized spacial score (nSPS) is 26.6. The van der Waals surface area contributed by atoms with Crippen LogP contribution in [0.3, 0.4) is 0 Å². The number of nitrogens with zero attached hydrogens (tertiary/aromatic N) is 2. The predicted octanol–water partition coefficient (Wildman–Crippen LogP) is 2.67. The average Bonchev–Trinajstić information content (AvgIpc) is 3.25. The molecule has 1 N–H and O–H groups in total. The molecule has 0 amide bonds. The van der Waals surface area contributed by atoms with Crippen LogP contribution in [0.4, 0.5) is 18.9 Å². The number of alkyl halides is 3. The molecule has 9 heteroatoms. The van der Waals surface area contributed by atoms with Crippen LogP contribution in [-0.4, -0.2) is 29.0 Å². The SMILES string of the molecule is CN1C(=CC2C([O-])C(c3c(C(F)(F)F)[nH]n(-c4ccccc4)c3=O)C2[O-])C(C)(C)c2ccccc21. The van der Waals surface area contributed by atoms with Gasteiger partial charge >= 0.3 is 6.18 Å². The van der Waals surface area contributed by atoms with Crippen LogP contribution in [0.1, 0.15) is 36.6 Å². The van der Waals surface area contributed by atoms with E-state index in [1.165, 1.54) is 12.1 Å². The lowest BCUT2D eigenvalue weighted by molar-refractivity contribution is -0.543. The van der Waals surface area contributed by atoms with E-state index in [0.29, 0.717) is 0 Å². The van der Waals surface area contributed by atoms with E-state index in [4.69, 9.17) is 0 Å². The van der Waals surface area contributed by atoms with Gasteiger partial charge < -0.3 is 15.1 Å². The van der Waals surface area contributed by atoms with Crippen molar-refractivity contribution in [2.45, 2.75) is 43.6 Å². The molecule has 5 rings (SSSR count). The number of allylic oxidation sites excluding steroid dienone is 1. The second-order valence-electron chi connectivity index (χ2n) is 9.66. The minimum atomic E-state index is -4.92. The van der Waals surface area contributed by atoms with Crippen molar-refractivity contribution in [2.24, 2.45) is 5.92 Å². The fourth-order valence-corrected chi connectivity index (χ4v) is 5.44. The summed E-state index contributed by atoms with van der Waals surface area (Å²) in [7, 11) is 1.83. The van der Waals surface area contributed by atoms with Crippen LogP contribution in [-0.2, 0) is 11.6 Å². The molecular formula is C26H24F3N3O3-2. The number of likely N-dealkylation sites (N-methyl/N-ethyl adjacent to an activating group) is 1. The van der Waals surface area contributed by atoms with Gasteiger partial charge in [0, 0.05) is 23.8 Å². The van der Waals surface area contributed by atoms with E-state index in [9.17, 15) is 28.2 Å². The first-order valence-electron chi connectivity index (χ1n) is 11.3. The van der Waals surface area contributed by atoms with E-state index < -0.39 is 52.5 Å². The molecule has 2 unspecified atom stereocenters. The number of para-hydroxylation sites is 2. The van der Waals surface area contributed by atoms with Gasteiger partial charge in [0.2, 0.25) is 0 Å². The van der Waals surface area contributed by atoms with Crippen molar-refractivity contribution in [3.63, 3.8) is 0 Å². The molecule has 1 fully saturated rings. The minimum absolute atomic E-state index is 0.184. The van der Waals surface area contributed by atoms with Gasteiger partial charge in [-0.05, 0) is 35.6 Å². The second kappa shape index (κ2) is 7.86. The zero-order valence-corrected chi connectivity index (χ0v) is 19.3. The summed E-state index contributed by atoms with van der Waals surface area (Å²) in [4.78, 5) is 15.0. The van der Waals surface area contributed by atoms with Gasteiger partial charge in [-0.2, -0.15) is 13.2 Å². The number of nitrogens with one attached hydrogen (secondary N) is 1. The van der Waals surface area contributed by atoms with Crippen LogP contribution in [0.25, 0.3) is 5.69 Å². The highest BCUT2D eigenvalue weighted by Gasteiger charge is 2.47. The zero-order valence-electron chi connectivity index (χ0n) is 19.3. The van der Waals surface area contributed by atoms with E-state index >= 15 is 0 Å². The fraction of sp³-hybridized carbons (Fsp3) is 0.346. The molecule has 3 aromatic rings. The maximum atomic E-state index is 13.9. The Morgan fingerprint density at radius 2 is 1.60 bits per heavy atom. The Kier molecular flexibility index (Phi) is 5.26. The molecule has 184 valence electrons. The summed E-state index contributed by atoms with van der Waals surface area (Å²) in [6, 6.07) is 15.5. The molecule has 6 nitrogen and oxygen atoms in total.